The maximum atomic E-state index is 9.24. The number of benzene rings is 1. The number of thioether (sulfide) groups is 1. The standard InChI is InChI=1S/C12H11NOS/c13-9-5-6-12(11(7-9)15-12)8-1-3-10(14)4-2-8/h1-7,11,14H,13H2. The molecule has 0 spiro atoms. The van der Waals surface area contributed by atoms with Gasteiger partial charge in [0.2, 0.25) is 0 Å². The van der Waals surface area contributed by atoms with Crippen molar-refractivity contribution in [1.82, 2.24) is 0 Å². The van der Waals surface area contributed by atoms with Crippen LogP contribution in [0.15, 0.2) is 48.2 Å². The quantitative estimate of drug-likeness (QED) is 0.708. The number of phenols is 1. The van der Waals surface area contributed by atoms with Crippen LogP contribution in [0.5, 0.6) is 5.75 Å². The molecule has 76 valence electrons. The highest BCUT2D eigenvalue weighted by molar-refractivity contribution is 8.08. The smallest absolute Gasteiger partial charge is 0.115 e. The van der Waals surface area contributed by atoms with Crippen molar-refractivity contribution in [2.75, 3.05) is 0 Å². The summed E-state index contributed by atoms with van der Waals surface area (Å²) in [6.45, 7) is 0. The molecule has 2 nitrogen and oxygen atoms in total. The third-order valence-corrected chi connectivity index (χ3v) is 4.40. The van der Waals surface area contributed by atoms with E-state index in [1.807, 2.05) is 30.0 Å². The minimum absolute atomic E-state index is 0.0799. The van der Waals surface area contributed by atoms with Gasteiger partial charge < -0.3 is 10.8 Å². The Balaban J connectivity index is 1.98. The van der Waals surface area contributed by atoms with Crippen LogP contribution in [0, 0.1) is 0 Å². The van der Waals surface area contributed by atoms with Gasteiger partial charge >= 0.3 is 0 Å². The van der Waals surface area contributed by atoms with Crippen LogP contribution in [-0.2, 0) is 4.75 Å². The molecule has 1 saturated heterocycles. The first-order valence-electron chi connectivity index (χ1n) is 4.84. The van der Waals surface area contributed by atoms with Crippen LogP contribution in [0.4, 0.5) is 0 Å². The van der Waals surface area contributed by atoms with E-state index >= 15 is 0 Å². The van der Waals surface area contributed by atoms with E-state index in [1.54, 1.807) is 12.1 Å². The molecule has 1 aromatic rings. The molecule has 3 heteroatoms. The highest BCUT2D eigenvalue weighted by Crippen LogP contribution is 2.64. The summed E-state index contributed by atoms with van der Waals surface area (Å²) < 4.78 is 0.0799. The first-order valence-corrected chi connectivity index (χ1v) is 5.72. The average molecular weight is 217 g/mol. The van der Waals surface area contributed by atoms with Crippen molar-refractivity contribution in [2.24, 2.45) is 5.73 Å². The monoisotopic (exact) mass is 217 g/mol. The van der Waals surface area contributed by atoms with E-state index < -0.39 is 0 Å². The van der Waals surface area contributed by atoms with Crippen molar-refractivity contribution in [2.45, 2.75) is 10.00 Å². The summed E-state index contributed by atoms with van der Waals surface area (Å²) in [5.41, 5.74) is 7.81. The zero-order valence-corrected chi connectivity index (χ0v) is 8.87. The average Bonchev–Trinajstić information content (AvgIpc) is 2.93. The maximum Gasteiger partial charge on any atom is 0.115 e. The van der Waals surface area contributed by atoms with E-state index in [9.17, 15) is 5.11 Å². The number of hydrogen-bond donors (Lipinski definition) is 2. The second kappa shape index (κ2) is 2.83. The summed E-state index contributed by atoms with van der Waals surface area (Å²) in [4.78, 5) is 0. The summed E-state index contributed by atoms with van der Waals surface area (Å²) in [6.07, 6.45) is 6.21. The van der Waals surface area contributed by atoms with Gasteiger partial charge in [0.15, 0.2) is 0 Å². The van der Waals surface area contributed by atoms with E-state index in [0.717, 1.165) is 5.70 Å². The lowest BCUT2D eigenvalue weighted by atomic mass is 9.92. The summed E-state index contributed by atoms with van der Waals surface area (Å²) >= 11 is 1.88. The van der Waals surface area contributed by atoms with Crippen LogP contribution in [0.2, 0.25) is 0 Å². The van der Waals surface area contributed by atoms with Crippen molar-refractivity contribution in [3.05, 3.63) is 53.8 Å². The molecule has 0 saturated carbocycles. The van der Waals surface area contributed by atoms with Crippen molar-refractivity contribution in [3.8, 4) is 5.75 Å². The molecule has 1 heterocycles. The van der Waals surface area contributed by atoms with E-state index in [-0.39, 0.29) is 4.75 Å². The lowest BCUT2D eigenvalue weighted by molar-refractivity contribution is 0.475. The Kier molecular flexibility index (Phi) is 1.68. The van der Waals surface area contributed by atoms with Crippen LogP contribution in [0.1, 0.15) is 5.56 Å². The number of phenolic OH excluding ortho intramolecular Hbond substituents is 1. The Morgan fingerprint density at radius 2 is 2.00 bits per heavy atom. The fraction of sp³-hybridized carbons (Fsp3) is 0.167. The van der Waals surface area contributed by atoms with Crippen LogP contribution in [-0.4, -0.2) is 10.4 Å². The van der Waals surface area contributed by atoms with Crippen LogP contribution < -0.4 is 5.73 Å². The van der Waals surface area contributed by atoms with Gasteiger partial charge in [0, 0.05) is 10.9 Å². The van der Waals surface area contributed by atoms with Gasteiger partial charge in [-0.05, 0) is 29.8 Å². The van der Waals surface area contributed by atoms with E-state index in [1.165, 1.54) is 5.56 Å². The van der Waals surface area contributed by atoms with Gasteiger partial charge in [-0.1, -0.05) is 18.2 Å². The molecular weight excluding hydrogens is 206 g/mol. The van der Waals surface area contributed by atoms with E-state index in [4.69, 9.17) is 5.73 Å². The maximum absolute atomic E-state index is 9.24. The SMILES string of the molecule is NC1=CC2SC2(c2ccc(O)cc2)C=C1. The largest absolute Gasteiger partial charge is 0.508 e. The lowest BCUT2D eigenvalue weighted by Crippen LogP contribution is -2.13. The van der Waals surface area contributed by atoms with Gasteiger partial charge in [-0.2, -0.15) is 0 Å². The molecular formula is C12H11NOS. The molecule has 3 rings (SSSR count). The van der Waals surface area contributed by atoms with E-state index in [2.05, 4.69) is 12.2 Å². The zero-order chi connectivity index (χ0) is 10.5. The molecule has 3 N–H and O–H groups in total. The first-order chi connectivity index (χ1) is 7.21. The van der Waals surface area contributed by atoms with Gasteiger partial charge in [0.05, 0.1) is 4.75 Å². The van der Waals surface area contributed by atoms with Gasteiger partial charge in [0.25, 0.3) is 0 Å². The third-order valence-electron chi connectivity index (χ3n) is 2.87. The molecule has 1 aromatic carbocycles. The fourth-order valence-electron chi connectivity index (χ4n) is 1.97. The number of aromatic hydroxyl groups is 1. The topological polar surface area (TPSA) is 46.2 Å². The molecule has 2 unspecified atom stereocenters. The van der Waals surface area contributed by atoms with Gasteiger partial charge in [-0.3, -0.25) is 0 Å². The number of allylic oxidation sites excluding steroid dienone is 1. The summed E-state index contributed by atoms with van der Waals surface area (Å²) in [7, 11) is 0. The number of nitrogens with two attached hydrogens (primary N) is 1. The molecule has 1 aliphatic carbocycles. The van der Waals surface area contributed by atoms with Gasteiger partial charge in [-0.25, -0.2) is 0 Å². The molecule has 2 atom stereocenters. The van der Waals surface area contributed by atoms with E-state index in [0.29, 0.717) is 11.0 Å². The van der Waals surface area contributed by atoms with Crippen LogP contribution in [0.3, 0.4) is 0 Å². The van der Waals surface area contributed by atoms with Crippen molar-refractivity contribution in [1.29, 1.82) is 0 Å². The van der Waals surface area contributed by atoms with Crippen LogP contribution in [0.25, 0.3) is 0 Å². The highest BCUT2D eigenvalue weighted by Gasteiger charge is 2.54. The van der Waals surface area contributed by atoms with Crippen molar-refractivity contribution >= 4 is 11.8 Å². The first kappa shape index (κ1) is 8.92. The molecule has 1 aliphatic heterocycles. The van der Waals surface area contributed by atoms with Gasteiger partial charge in [-0.15, -0.1) is 11.8 Å². The Bertz CT molecular complexity index is 463. The number of fused-ring (bicyclic) bond motifs is 1. The second-order valence-corrected chi connectivity index (χ2v) is 5.30. The predicted molar refractivity (Wildman–Crippen MR) is 62.6 cm³/mol. The Morgan fingerprint density at radius 1 is 1.27 bits per heavy atom. The van der Waals surface area contributed by atoms with Gasteiger partial charge in [0.1, 0.15) is 5.75 Å². The Hall–Kier alpha value is -1.35. The molecule has 0 bridgehead atoms. The summed E-state index contributed by atoms with van der Waals surface area (Å²) in [6, 6.07) is 7.41. The minimum atomic E-state index is 0.0799. The minimum Gasteiger partial charge on any atom is -0.508 e. The summed E-state index contributed by atoms with van der Waals surface area (Å²) in [5.74, 6) is 0.312. The lowest BCUT2D eigenvalue weighted by Gasteiger charge is -2.13. The molecule has 1 fully saturated rings. The summed E-state index contributed by atoms with van der Waals surface area (Å²) in [5, 5.41) is 9.70. The normalized spacial score (nSPS) is 32.0. The second-order valence-electron chi connectivity index (χ2n) is 3.88. The molecule has 0 radical (unpaired) electrons. The Morgan fingerprint density at radius 3 is 2.67 bits per heavy atom. The molecule has 15 heavy (non-hydrogen) atoms. The Labute approximate surface area is 92.5 Å². The van der Waals surface area contributed by atoms with Crippen molar-refractivity contribution < 1.29 is 5.11 Å². The fourth-order valence-corrected chi connectivity index (χ4v) is 3.25. The molecule has 0 aromatic heterocycles. The number of hydrogen-bond acceptors (Lipinski definition) is 3. The van der Waals surface area contributed by atoms with Crippen LogP contribution >= 0.6 is 11.8 Å². The molecule has 0 amide bonds. The molecule has 2 aliphatic rings. The zero-order valence-electron chi connectivity index (χ0n) is 8.05. The third kappa shape index (κ3) is 1.27. The number of rotatable bonds is 1. The highest BCUT2D eigenvalue weighted by atomic mass is 32.2. The van der Waals surface area contributed by atoms with Crippen molar-refractivity contribution in [3.63, 3.8) is 0 Å². The predicted octanol–water partition coefficient (Wildman–Crippen LogP) is 2.12.